The van der Waals surface area contributed by atoms with Crippen LogP contribution in [0.4, 0.5) is 10.5 Å². The van der Waals surface area contributed by atoms with Crippen molar-refractivity contribution in [2.45, 2.75) is 32.8 Å². The predicted octanol–water partition coefficient (Wildman–Crippen LogP) is 5.09. The monoisotopic (exact) mass is 345 g/mol. The predicted molar refractivity (Wildman–Crippen MR) is 95.9 cm³/mol. The maximum absolute atomic E-state index is 11.7. The Balaban J connectivity index is 2.02. The molecule has 0 bridgehead atoms. The average molecular weight is 346 g/mol. The molecule has 24 heavy (non-hydrogen) atoms. The Hall–Kier alpha value is -2.33. The molecule has 1 N–H and O–H groups in total. The molecular weight excluding hydrogens is 326 g/mol. The van der Waals surface area contributed by atoms with Crippen LogP contribution in [-0.2, 0) is 11.2 Å². The van der Waals surface area contributed by atoms with Crippen LogP contribution in [0.5, 0.6) is 0 Å². The summed E-state index contributed by atoms with van der Waals surface area (Å²) in [6.07, 6.45) is 0.938. The standard InChI is InChI=1S/C19H20ClNO3/c1-19(2,3)24-18(23)21-16-7-4-13(5-8-16)10-14-6-9-17(20)15(11-14)12-22/h4-9,11-12H,10H2,1-3H3,(H,21,23). The largest absolute Gasteiger partial charge is 0.444 e. The fourth-order valence-electron chi connectivity index (χ4n) is 2.16. The molecule has 0 heterocycles. The Labute approximate surface area is 146 Å². The van der Waals surface area contributed by atoms with Crippen LogP contribution in [0.3, 0.4) is 0 Å². The Morgan fingerprint density at radius 1 is 1.12 bits per heavy atom. The van der Waals surface area contributed by atoms with E-state index in [-0.39, 0.29) is 0 Å². The van der Waals surface area contributed by atoms with Gasteiger partial charge in [0.05, 0.1) is 5.02 Å². The smallest absolute Gasteiger partial charge is 0.412 e. The van der Waals surface area contributed by atoms with Crippen LogP contribution < -0.4 is 5.32 Å². The maximum Gasteiger partial charge on any atom is 0.412 e. The van der Waals surface area contributed by atoms with Crippen molar-refractivity contribution in [2.24, 2.45) is 0 Å². The molecule has 0 radical (unpaired) electrons. The van der Waals surface area contributed by atoms with Crippen molar-refractivity contribution in [1.82, 2.24) is 0 Å². The molecule has 0 saturated carbocycles. The molecule has 4 nitrogen and oxygen atoms in total. The van der Waals surface area contributed by atoms with Crippen LogP contribution in [0.1, 0.15) is 42.3 Å². The van der Waals surface area contributed by atoms with E-state index in [1.54, 1.807) is 12.1 Å². The number of aldehydes is 1. The van der Waals surface area contributed by atoms with Crippen LogP contribution in [0.2, 0.25) is 5.02 Å². The van der Waals surface area contributed by atoms with Gasteiger partial charge in [-0.2, -0.15) is 0 Å². The summed E-state index contributed by atoms with van der Waals surface area (Å²) < 4.78 is 5.21. The van der Waals surface area contributed by atoms with Gasteiger partial charge in [-0.1, -0.05) is 29.8 Å². The molecule has 0 aliphatic carbocycles. The lowest BCUT2D eigenvalue weighted by molar-refractivity contribution is 0.0636. The van der Waals surface area contributed by atoms with Gasteiger partial charge in [-0.05, 0) is 62.6 Å². The highest BCUT2D eigenvalue weighted by Gasteiger charge is 2.16. The van der Waals surface area contributed by atoms with E-state index in [1.165, 1.54) is 0 Å². The zero-order valence-corrected chi connectivity index (χ0v) is 14.7. The van der Waals surface area contributed by atoms with E-state index in [0.717, 1.165) is 17.4 Å². The molecule has 0 aliphatic rings. The quantitative estimate of drug-likeness (QED) is 0.785. The molecule has 126 valence electrons. The Kier molecular flexibility index (Phi) is 5.62. The molecule has 1 amide bonds. The van der Waals surface area contributed by atoms with Gasteiger partial charge in [0.25, 0.3) is 0 Å². The summed E-state index contributed by atoms with van der Waals surface area (Å²) in [7, 11) is 0. The SMILES string of the molecule is CC(C)(C)OC(=O)Nc1ccc(Cc2ccc(Cl)c(C=O)c2)cc1. The molecule has 2 rings (SSSR count). The van der Waals surface area contributed by atoms with Crippen molar-refractivity contribution < 1.29 is 14.3 Å². The Morgan fingerprint density at radius 2 is 1.75 bits per heavy atom. The number of anilines is 1. The fraction of sp³-hybridized carbons (Fsp3) is 0.263. The number of nitrogens with one attached hydrogen (secondary N) is 1. The number of carbonyl (C=O) groups is 2. The minimum absolute atomic E-state index is 0.450. The highest BCUT2D eigenvalue weighted by molar-refractivity contribution is 6.32. The average Bonchev–Trinajstić information content (AvgIpc) is 2.49. The number of carbonyl (C=O) groups excluding carboxylic acids is 2. The van der Waals surface area contributed by atoms with Gasteiger partial charge in [-0.25, -0.2) is 4.79 Å². The maximum atomic E-state index is 11.7. The van der Waals surface area contributed by atoms with Gasteiger partial charge in [0.2, 0.25) is 0 Å². The molecule has 0 fully saturated rings. The van der Waals surface area contributed by atoms with Gasteiger partial charge in [0, 0.05) is 11.3 Å². The summed E-state index contributed by atoms with van der Waals surface area (Å²) in [5, 5.41) is 3.14. The van der Waals surface area contributed by atoms with Crippen LogP contribution in [0.25, 0.3) is 0 Å². The van der Waals surface area contributed by atoms with Crippen molar-refractivity contribution in [3.63, 3.8) is 0 Å². The molecule has 0 unspecified atom stereocenters. The van der Waals surface area contributed by atoms with Crippen molar-refractivity contribution >= 4 is 29.7 Å². The van der Waals surface area contributed by atoms with Gasteiger partial charge in [-0.3, -0.25) is 10.1 Å². The Bertz CT molecular complexity index is 733. The van der Waals surface area contributed by atoms with Gasteiger partial charge >= 0.3 is 6.09 Å². The number of rotatable bonds is 4. The van der Waals surface area contributed by atoms with Crippen LogP contribution in [0, 0.1) is 0 Å². The number of halogens is 1. The second kappa shape index (κ2) is 7.49. The van der Waals surface area contributed by atoms with Crippen molar-refractivity contribution in [3.05, 3.63) is 64.2 Å². The second-order valence-electron chi connectivity index (χ2n) is 6.47. The van der Waals surface area contributed by atoms with Crippen molar-refractivity contribution in [1.29, 1.82) is 0 Å². The first-order valence-electron chi connectivity index (χ1n) is 7.59. The first kappa shape index (κ1) is 18.0. The summed E-state index contributed by atoms with van der Waals surface area (Å²) in [5.41, 5.74) is 2.67. The number of hydrogen-bond donors (Lipinski definition) is 1. The molecule has 0 aromatic heterocycles. The molecule has 2 aromatic carbocycles. The van der Waals surface area contributed by atoms with E-state index in [4.69, 9.17) is 16.3 Å². The van der Waals surface area contributed by atoms with E-state index < -0.39 is 11.7 Å². The topological polar surface area (TPSA) is 55.4 Å². The summed E-state index contributed by atoms with van der Waals surface area (Å²) in [6.45, 7) is 5.44. The third-order valence-electron chi connectivity index (χ3n) is 3.19. The molecule has 0 aliphatic heterocycles. The highest BCUT2D eigenvalue weighted by Crippen LogP contribution is 2.19. The lowest BCUT2D eigenvalue weighted by Gasteiger charge is -2.19. The molecule has 2 aromatic rings. The first-order valence-corrected chi connectivity index (χ1v) is 7.97. The van der Waals surface area contributed by atoms with E-state index >= 15 is 0 Å². The van der Waals surface area contributed by atoms with Crippen molar-refractivity contribution in [2.75, 3.05) is 5.32 Å². The highest BCUT2D eigenvalue weighted by atomic mass is 35.5. The normalized spacial score (nSPS) is 11.0. The van der Waals surface area contributed by atoms with Crippen LogP contribution in [-0.4, -0.2) is 18.0 Å². The number of hydrogen-bond acceptors (Lipinski definition) is 3. The third-order valence-corrected chi connectivity index (χ3v) is 3.54. The molecule has 0 spiro atoms. The van der Waals surface area contributed by atoms with E-state index in [1.807, 2.05) is 51.1 Å². The fourth-order valence-corrected chi connectivity index (χ4v) is 2.32. The number of ether oxygens (including phenoxy) is 1. The van der Waals surface area contributed by atoms with Crippen LogP contribution >= 0.6 is 11.6 Å². The summed E-state index contributed by atoms with van der Waals surface area (Å²) >= 11 is 5.93. The van der Waals surface area contributed by atoms with E-state index in [9.17, 15) is 9.59 Å². The van der Waals surface area contributed by atoms with Crippen molar-refractivity contribution in [3.8, 4) is 0 Å². The summed E-state index contributed by atoms with van der Waals surface area (Å²) in [6, 6.07) is 12.9. The first-order chi connectivity index (χ1) is 11.3. The van der Waals surface area contributed by atoms with Gasteiger partial charge < -0.3 is 4.74 Å². The summed E-state index contributed by atoms with van der Waals surface area (Å²) in [5.74, 6) is 0. The minimum Gasteiger partial charge on any atom is -0.444 e. The van der Waals surface area contributed by atoms with Gasteiger partial charge in [0.15, 0.2) is 6.29 Å². The van der Waals surface area contributed by atoms with Gasteiger partial charge in [0.1, 0.15) is 5.60 Å². The van der Waals surface area contributed by atoms with E-state index in [0.29, 0.717) is 22.7 Å². The number of benzene rings is 2. The van der Waals surface area contributed by atoms with Gasteiger partial charge in [-0.15, -0.1) is 0 Å². The molecule has 0 atom stereocenters. The van der Waals surface area contributed by atoms with E-state index in [2.05, 4.69) is 5.32 Å². The lowest BCUT2D eigenvalue weighted by atomic mass is 10.0. The lowest BCUT2D eigenvalue weighted by Crippen LogP contribution is -2.27. The summed E-state index contributed by atoms with van der Waals surface area (Å²) in [4.78, 5) is 22.7. The second-order valence-corrected chi connectivity index (χ2v) is 6.88. The molecular formula is C19H20ClNO3. The Morgan fingerprint density at radius 3 is 2.33 bits per heavy atom. The zero-order chi connectivity index (χ0) is 17.7. The third kappa shape index (κ3) is 5.39. The molecule has 0 saturated heterocycles. The molecule has 5 heteroatoms. The van der Waals surface area contributed by atoms with Crippen LogP contribution in [0.15, 0.2) is 42.5 Å². The zero-order valence-electron chi connectivity index (χ0n) is 13.9. The minimum atomic E-state index is -0.533. The number of amides is 1.